The summed E-state index contributed by atoms with van der Waals surface area (Å²) < 4.78 is 18.3. The Morgan fingerprint density at radius 3 is 2.87 bits per heavy atom. The molecule has 0 saturated heterocycles. The van der Waals surface area contributed by atoms with Crippen molar-refractivity contribution in [1.29, 1.82) is 0 Å². The number of fused-ring (bicyclic) bond motifs is 2. The van der Waals surface area contributed by atoms with Gasteiger partial charge in [-0.1, -0.05) is 23.4 Å². The largest absolute Gasteiger partial charge is 0.454 e. The molecule has 2 aromatic heterocycles. The van der Waals surface area contributed by atoms with Crippen molar-refractivity contribution < 1.29 is 18.7 Å². The van der Waals surface area contributed by atoms with Gasteiger partial charge in [0.2, 0.25) is 12.7 Å². The highest BCUT2D eigenvalue weighted by Gasteiger charge is 2.22. The molecule has 2 aromatic carbocycles. The molecule has 10 heteroatoms. The molecule has 31 heavy (non-hydrogen) atoms. The van der Waals surface area contributed by atoms with Crippen LogP contribution in [0.3, 0.4) is 0 Å². The topological polar surface area (TPSA) is 91.4 Å². The van der Waals surface area contributed by atoms with Gasteiger partial charge < -0.3 is 23.8 Å². The van der Waals surface area contributed by atoms with E-state index in [0.717, 1.165) is 5.39 Å². The number of nitrogens with zero attached hydrogens (tertiary/aromatic N) is 3. The minimum absolute atomic E-state index is 0.160. The van der Waals surface area contributed by atoms with Crippen molar-refractivity contribution in [2.75, 3.05) is 12.1 Å². The lowest BCUT2D eigenvalue weighted by molar-refractivity contribution is -0.115. The SMILES string of the molecule is C[C@H](Sc1nnc(-c2cc3cc(Cl)ccc3o2)n1C)C(=O)Nc1ccc2c(c1)OCO2. The smallest absolute Gasteiger partial charge is 0.237 e. The molecule has 158 valence electrons. The number of thioether (sulfide) groups is 1. The molecule has 4 aromatic rings. The minimum Gasteiger partial charge on any atom is -0.454 e. The maximum absolute atomic E-state index is 12.7. The Balaban J connectivity index is 1.30. The van der Waals surface area contributed by atoms with E-state index in [1.165, 1.54) is 11.8 Å². The summed E-state index contributed by atoms with van der Waals surface area (Å²) in [6.45, 7) is 2.00. The van der Waals surface area contributed by atoms with Crippen molar-refractivity contribution in [3.8, 4) is 23.1 Å². The number of carbonyl (C=O) groups excluding carboxylic acids is 1. The number of hydrogen-bond acceptors (Lipinski definition) is 7. The summed E-state index contributed by atoms with van der Waals surface area (Å²) in [5.41, 5.74) is 1.36. The fourth-order valence-electron chi connectivity index (χ4n) is 3.19. The Hall–Kier alpha value is -3.17. The monoisotopic (exact) mass is 456 g/mol. The van der Waals surface area contributed by atoms with Crippen LogP contribution in [-0.4, -0.2) is 32.7 Å². The maximum Gasteiger partial charge on any atom is 0.237 e. The van der Waals surface area contributed by atoms with Gasteiger partial charge in [0.25, 0.3) is 0 Å². The Kier molecular flexibility index (Phi) is 4.99. The average molecular weight is 457 g/mol. The van der Waals surface area contributed by atoms with Gasteiger partial charge in [0, 0.05) is 29.2 Å². The van der Waals surface area contributed by atoms with Crippen molar-refractivity contribution >= 4 is 45.9 Å². The number of amides is 1. The first-order valence-electron chi connectivity index (χ1n) is 9.44. The Bertz CT molecular complexity index is 1300. The van der Waals surface area contributed by atoms with E-state index < -0.39 is 5.25 Å². The number of benzene rings is 2. The second-order valence-electron chi connectivity index (χ2n) is 6.98. The number of ether oxygens (including phenoxy) is 2. The summed E-state index contributed by atoms with van der Waals surface area (Å²) in [5.74, 6) is 2.27. The van der Waals surface area contributed by atoms with Crippen molar-refractivity contribution in [1.82, 2.24) is 14.8 Å². The second-order valence-corrected chi connectivity index (χ2v) is 8.72. The predicted molar refractivity (Wildman–Crippen MR) is 118 cm³/mol. The summed E-state index contributed by atoms with van der Waals surface area (Å²) >= 11 is 7.36. The van der Waals surface area contributed by atoms with E-state index >= 15 is 0 Å². The van der Waals surface area contributed by atoms with E-state index in [-0.39, 0.29) is 12.7 Å². The molecule has 1 amide bonds. The molecule has 0 bridgehead atoms. The summed E-state index contributed by atoms with van der Waals surface area (Å²) in [6.07, 6.45) is 0. The summed E-state index contributed by atoms with van der Waals surface area (Å²) in [6, 6.07) is 12.6. The lowest BCUT2D eigenvalue weighted by Crippen LogP contribution is -2.22. The molecule has 1 atom stereocenters. The van der Waals surface area contributed by atoms with Gasteiger partial charge in [-0.2, -0.15) is 0 Å². The minimum atomic E-state index is -0.407. The van der Waals surface area contributed by atoms with Crippen LogP contribution in [0, 0.1) is 0 Å². The lowest BCUT2D eigenvalue weighted by atomic mass is 10.2. The molecular weight excluding hydrogens is 440 g/mol. The van der Waals surface area contributed by atoms with E-state index in [4.69, 9.17) is 25.5 Å². The van der Waals surface area contributed by atoms with Gasteiger partial charge in [0.15, 0.2) is 28.2 Å². The van der Waals surface area contributed by atoms with Crippen LogP contribution in [0.1, 0.15) is 6.92 Å². The zero-order valence-electron chi connectivity index (χ0n) is 16.6. The van der Waals surface area contributed by atoms with Crippen LogP contribution in [0.2, 0.25) is 5.02 Å². The van der Waals surface area contributed by atoms with Gasteiger partial charge in [-0.15, -0.1) is 10.2 Å². The van der Waals surface area contributed by atoms with Crippen LogP contribution in [0.25, 0.3) is 22.6 Å². The number of furan rings is 1. The van der Waals surface area contributed by atoms with Gasteiger partial charge in [0.1, 0.15) is 5.58 Å². The van der Waals surface area contributed by atoms with E-state index in [1.807, 2.05) is 32.2 Å². The van der Waals surface area contributed by atoms with E-state index in [2.05, 4.69) is 15.5 Å². The molecule has 5 rings (SSSR count). The molecule has 0 radical (unpaired) electrons. The van der Waals surface area contributed by atoms with Gasteiger partial charge in [0.05, 0.1) is 5.25 Å². The fraction of sp³-hybridized carbons (Fsp3) is 0.190. The Labute approximate surface area is 186 Å². The zero-order chi connectivity index (χ0) is 21.5. The summed E-state index contributed by atoms with van der Waals surface area (Å²) in [5, 5.41) is 13.1. The van der Waals surface area contributed by atoms with Crippen LogP contribution < -0.4 is 14.8 Å². The van der Waals surface area contributed by atoms with Crippen molar-refractivity contribution in [2.45, 2.75) is 17.3 Å². The van der Waals surface area contributed by atoms with Crippen LogP contribution in [0.4, 0.5) is 5.69 Å². The van der Waals surface area contributed by atoms with E-state index in [1.54, 1.807) is 28.8 Å². The highest BCUT2D eigenvalue weighted by atomic mass is 35.5. The first-order valence-corrected chi connectivity index (χ1v) is 10.7. The van der Waals surface area contributed by atoms with Gasteiger partial charge in [-0.25, -0.2) is 0 Å². The fourth-order valence-corrected chi connectivity index (χ4v) is 4.18. The van der Waals surface area contributed by atoms with Gasteiger partial charge in [-0.3, -0.25) is 4.79 Å². The highest BCUT2D eigenvalue weighted by Crippen LogP contribution is 2.35. The quantitative estimate of drug-likeness (QED) is 0.434. The molecule has 8 nitrogen and oxygen atoms in total. The van der Waals surface area contributed by atoms with Crippen molar-refractivity contribution in [3.63, 3.8) is 0 Å². The molecule has 0 aliphatic carbocycles. The standard InChI is InChI=1S/C21H17ClN4O4S/c1-11(20(27)23-14-4-6-16-17(9-14)29-10-28-16)31-21-25-24-19(26(21)2)18-8-12-7-13(22)3-5-15(12)30-18/h3-9,11H,10H2,1-2H3,(H,23,27)/t11-/m0/s1. The van der Waals surface area contributed by atoms with Crippen LogP contribution in [0.15, 0.2) is 52.0 Å². The number of rotatable bonds is 5. The number of halogens is 1. The highest BCUT2D eigenvalue weighted by molar-refractivity contribution is 8.00. The Morgan fingerprint density at radius 2 is 2.00 bits per heavy atom. The maximum atomic E-state index is 12.7. The van der Waals surface area contributed by atoms with E-state index in [0.29, 0.717) is 44.5 Å². The van der Waals surface area contributed by atoms with Crippen LogP contribution >= 0.6 is 23.4 Å². The number of aromatic nitrogens is 3. The molecule has 1 N–H and O–H groups in total. The van der Waals surface area contributed by atoms with Crippen molar-refractivity contribution in [3.05, 3.63) is 47.5 Å². The van der Waals surface area contributed by atoms with Gasteiger partial charge in [-0.05, 0) is 43.3 Å². The van der Waals surface area contributed by atoms with E-state index in [9.17, 15) is 4.79 Å². The average Bonchev–Trinajstić information content (AvgIpc) is 3.46. The third-order valence-corrected chi connectivity index (χ3v) is 6.19. The third kappa shape index (κ3) is 3.82. The molecule has 1 aliphatic rings. The normalized spacial score (nSPS) is 13.5. The molecule has 0 spiro atoms. The number of anilines is 1. The first-order chi connectivity index (χ1) is 15.0. The van der Waals surface area contributed by atoms with Gasteiger partial charge >= 0.3 is 0 Å². The number of hydrogen-bond donors (Lipinski definition) is 1. The molecule has 0 fully saturated rings. The third-order valence-electron chi connectivity index (χ3n) is 4.83. The molecule has 0 saturated carbocycles. The summed E-state index contributed by atoms with van der Waals surface area (Å²) in [7, 11) is 1.83. The van der Waals surface area contributed by atoms with Crippen LogP contribution in [0.5, 0.6) is 11.5 Å². The lowest BCUT2D eigenvalue weighted by Gasteiger charge is -2.12. The Morgan fingerprint density at radius 1 is 1.16 bits per heavy atom. The predicted octanol–water partition coefficient (Wildman–Crippen LogP) is 4.73. The van der Waals surface area contributed by atoms with Crippen LogP contribution in [-0.2, 0) is 11.8 Å². The molecule has 1 aliphatic heterocycles. The second kappa shape index (κ2) is 7.82. The van der Waals surface area contributed by atoms with Crippen molar-refractivity contribution in [2.24, 2.45) is 7.05 Å². The molecule has 0 unspecified atom stereocenters. The zero-order valence-corrected chi connectivity index (χ0v) is 18.2. The number of nitrogens with one attached hydrogen (secondary N) is 1. The first kappa shape index (κ1) is 19.8. The molecular formula is C21H17ClN4O4S. The number of carbonyl (C=O) groups is 1. The molecule has 3 heterocycles. The summed E-state index contributed by atoms with van der Waals surface area (Å²) in [4.78, 5) is 12.7.